The van der Waals surface area contributed by atoms with E-state index in [0.29, 0.717) is 23.8 Å². The minimum absolute atomic E-state index is 0.0879. The molecule has 2 atom stereocenters. The third-order valence-electron chi connectivity index (χ3n) is 5.17. The van der Waals surface area contributed by atoms with Gasteiger partial charge in [0.2, 0.25) is 0 Å². The zero-order chi connectivity index (χ0) is 20.1. The Kier molecular flexibility index (Phi) is 6.36. The highest BCUT2D eigenvalue weighted by Gasteiger charge is 2.23. The van der Waals surface area contributed by atoms with Gasteiger partial charge in [0.25, 0.3) is 15.9 Å². The van der Waals surface area contributed by atoms with E-state index in [0.717, 1.165) is 19.5 Å². The number of sulfonamides is 1. The van der Waals surface area contributed by atoms with Crippen LogP contribution in [0.4, 0.5) is 11.4 Å². The van der Waals surface area contributed by atoms with Crippen molar-refractivity contribution in [2.75, 3.05) is 36.3 Å². The number of nitrogens with one attached hydrogen (secondary N) is 2. The van der Waals surface area contributed by atoms with Crippen LogP contribution in [0.2, 0.25) is 0 Å². The molecule has 1 aliphatic rings. The minimum Gasteiger partial charge on any atom is -0.327 e. The molecule has 1 amide bonds. The van der Waals surface area contributed by atoms with Crippen molar-refractivity contribution < 1.29 is 18.1 Å². The zero-order valence-corrected chi connectivity index (χ0v) is 17.2. The highest BCUT2D eigenvalue weighted by Crippen LogP contribution is 2.23. The third kappa shape index (κ3) is 4.91. The number of benzene rings is 2. The molecule has 0 aliphatic carbocycles. The van der Waals surface area contributed by atoms with E-state index in [1.165, 1.54) is 28.7 Å². The molecule has 0 aromatic heterocycles. The van der Waals surface area contributed by atoms with Crippen LogP contribution in [0.1, 0.15) is 19.8 Å². The summed E-state index contributed by atoms with van der Waals surface area (Å²) in [5.41, 5.74) is 1.08. The van der Waals surface area contributed by atoms with Crippen molar-refractivity contribution >= 4 is 27.3 Å². The first-order valence-corrected chi connectivity index (χ1v) is 11.1. The van der Waals surface area contributed by atoms with E-state index in [1.807, 2.05) is 6.07 Å². The SMILES string of the molecule is C[C@H]1CCC[NH+](CC(=O)Nc2cccc(S(=O)(=O)N(C)c3ccccc3)c2)C1. The zero-order valence-electron chi connectivity index (χ0n) is 16.4. The summed E-state index contributed by atoms with van der Waals surface area (Å²) in [7, 11) is -2.18. The van der Waals surface area contributed by atoms with Crippen LogP contribution in [0.5, 0.6) is 0 Å². The van der Waals surface area contributed by atoms with Crippen molar-refractivity contribution in [3.8, 4) is 0 Å². The van der Waals surface area contributed by atoms with Crippen molar-refractivity contribution in [1.82, 2.24) is 0 Å². The molecule has 2 N–H and O–H groups in total. The van der Waals surface area contributed by atoms with E-state index in [1.54, 1.807) is 42.5 Å². The Balaban J connectivity index is 1.70. The molecule has 150 valence electrons. The lowest BCUT2D eigenvalue weighted by Gasteiger charge is -2.27. The van der Waals surface area contributed by atoms with E-state index in [2.05, 4.69) is 12.2 Å². The van der Waals surface area contributed by atoms with E-state index in [-0.39, 0.29) is 10.8 Å². The van der Waals surface area contributed by atoms with Crippen molar-refractivity contribution in [3.05, 3.63) is 54.6 Å². The number of hydrogen-bond donors (Lipinski definition) is 2. The van der Waals surface area contributed by atoms with Crippen LogP contribution in [0, 0.1) is 5.92 Å². The maximum absolute atomic E-state index is 12.9. The average Bonchev–Trinajstić information content (AvgIpc) is 2.68. The number of likely N-dealkylation sites (tertiary alicyclic amines) is 1. The first kappa shape index (κ1) is 20.4. The number of para-hydroxylation sites is 1. The van der Waals surface area contributed by atoms with Gasteiger partial charge >= 0.3 is 0 Å². The molecule has 28 heavy (non-hydrogen) atoms. The number of carbonyl (C=O) groups excluding carboxylic acids is 1. The summed E-state index contributed by atoms with van der Waals surface area (Å²) < 4.78 is 27.1. The van der Waals surface area contributed by atoms with Crippen LogP contribution in [0.15, 0.2) is 59.5 Å². The van der Waals surface area contributed by atoms with Gasteiger partial charge in [-0.2, -0.15) is 0 Å². The Morgan fingerprint density at radius 3 is 2.64 bits per heavy atom. The highest BCUT2D eigenvalue weighted by atomic mass is 32.2. The van der Waals surface area contributed by atoms with Gasteiger partial charge in [-0.05, 0) is 43.2 Å². The molecule has 0 spiro atoms. The van der Waals surface area contributed by atoms with Gasteiger partial charge in [-0.1, -0.05) is 31.2 Å². The fraction of sp³-hybridized carbons (Fsp3) is 0.381. The molecule has 6 nitrogen and oxygen atoms in total. The quantitative estimate of drug-likeness (QED) is 0.774. The number of carbonyl (C=O) groups is 1. The van der Waals surface area contributed by atoms with E-state index in [9.17, 15) is 13.2 Å². The molecule has 1 heterocycles. The normalized spacial score (nSPS) is 19.8. The summed E-state index contributed by atoms with van der Waals surface area (Å²) in [6.07, 6.45) is 2.36. The lowest BCUT2D eigenvalue weighted by atomic mass is 10.0. The summed E-state index contributed by atoms with van der Waals surface area (Å²) in [4.78, 5) is 13.8. The topological polar surface area (TPSA) is 70.9 Å². The molecule has 1 saturated heterocycles. The molecule has 1 fully saturated rings. The van der Waals surface area contributed by atoms with Crippen LogP contribution in [0.25, 0.3) is 0 Å². The molecule has 0 radical (unpaired) electrons. The molecule has 2 aromatic carbocycles. The molecule has 0 bridgehead atoms. The van der Waals surface area contributed by atoms with E-state index >= 15 is 0 Å². The lowest BCUT2D eigenvalue weighted by molar-refractivity contribution is -0.900. The van der Waals surface area contributed by atoms with E-state index < -0.39 is 10.0 Å². The summed E-state index contributed by atoms with van der Waals surface area (Å²) in [5.74, 6) is 0.550. The second-order valence-electron chi connectivity index (χ2n) is 7.51. The highest BCUT2D eigenvalue weighted by molar-refractivity contribution is 7.92. The van der Waals surface area contributed by atoms with Crippen LogP contribution >= 0.6 is 0 Å². The molecule has 2 aromatic rings. The van der Waals surface area contributed by atoms with Gasteiger partial charge < -0.3 is 10.2 Å². The Morgan fingerprint density at radius 1 is 1.18 bits per heavy atom. The number of quaternary nitrogens is 1. The first-order chi connectivity index (χ1) is 13.4. The van der Waals surface area contributed by atoms with Gasteiger partial charge in [0, 0.05) is 18.7 Å². The average molecular weight is 403 g/mol. The van der Waals surface area contributed by atoms with Gasteiger partial charge in [0.15, 0.2) is 6.54 Å². The molecule has 0 saturated carbocycles. The Morgan fingerprint density at radius 2 is 1.93 bits per heavy atom. The largest absolute Gasteiger partial charge is 0.327 e. The van der Waals surface area contributed by atoms with Gasteiger partial charge in [-0.25, -0.2) is 8.42 Å². The first-order valence-electron chi connectivity index (χ1n) is 9.64. The standard InChI is InChI=1S/C21H27N3O3S/c1-17-8-7-13-24(15-17)16-21(25)22-18-9-6-12-20(14-18)28(26,27)23(2)19-10-4-3-5-11-19/h3-6,9-12,14,17H,7-8,13,15-16H2,1-2H3,(H,22,25)/p+1/t17-/m0/s1. The van der Waals surface area contributed by atoms with Crippen LogP contribution in [-0.2, 0) is 14.8 Å². The second-order valence-corrected chi connectivity index (χ2v) is 9.48. The maximum atomic E-state index is 12.9. The number of piperidine rings is 1. The Bertz CT molecular complexity index is 916. The summed E-state index contributed by atoms with van der Waals surface area (Å²) in [6.45, 7) is 4.64. The Labute approximate surface area is 167 Å². The number of nitrogens with zero attached hydrogens (tertiary/aromatic N) is 1. The Hall–Kier alpha value is -2.38. The number of rotatable bonds is 6. The van der Waals surface area contributed by atoms with Gasteiger partial charge in [-0.3, -0.25) is 9.10 Å². The van der Waals surface area contributed by atoms with Crippen molar-refractivity contribution in [3.63, 3.8) is 0 Å². The van der Waals surface area contributed by atoms with Crippen LogP contribution in [-0.4, -0.2) is 41.0 Å². The molecule has 3 rings (SSSR count). The molecule has 1 unspecified atom stereocenters. The fourth-order valence-corrected chi connectivity index (χ4v) is 4.90. The molecule has 7 heteroatoms. The second kappa shape index (κ2) is 8.75. The van der Waals surface area contributed by atoms with Crippen molar-refractivity contribution in [1.29, 1.82) is 0 Å². The monoisotopic (exact) mass is 402 g/mol. The molecule has 1 aliphatic heterocycles. The fourth-order valence-electron chi connectivity index (χ4n) is 3.66. The van der Waals surface area contributed by atoms with Crippen molar-refractivity contribution in [2.45, 2.75) is 24.7 Å². The number of amides is 1. The minimum atomic E-state index is -3.71. The van der Waals surface area contributed by atoms with Crippen LogP contribution in [0.3, 0.4) is 0 Å². The van der Waals surface area contributed by atoms with E-state index in [4.69, 9.17) is 0 Å². The summed E-state index contributed by atoms with van der Waals surface area (Å²) in [6, 6.07) is 15.3. The number of anilines is 2. The number of hydrogen-bond acceptors (Lipinski definition) is 3. The maximum Gasteiger partial charge on any atom is 0.279 e. The smallest absolute Gasteiger partial charge is 0.279 e. The van der Waals surface area contributed by atoms with Gasteiger partial charge in [0.1, 0.15) is 0 Å². The predicted octanol–water partition coefficient (Wildman–Crippen LogP) is 1.77. The third-order valence-corrected chi connectivity index (χ3v) is 6.95. The lowest BCUT2D eigenvalue weighted by Crippen LogP contribution is -3.14. The predicted molar refractivity (Wildman–Crippen MR) is 111 cm³/mol. The molecular formula is C21H28N3O3S+. The van der Waals surface area contributed by atoms with Crippen LogP contribution < -0.4 is 14.5 Å². The van der Waals surface area contributed by atoms with Gasteiger partial charge in [0.05, 0.1) is 23.7 Å². The molecular weight excluding hydrogens is 374 g/mol. The van der Waals surface area contributed by atoms with Gasteiger partial charge in [-0.15, -0.1) is 0 Å². The summed E-state index contributed by atoms with van der Waals surface area (Å²) in [5, 5.41) is 2.85. The van der Waals surface area contributed by atoms with Crippen molar-refractivity contribution in [2.24, 2.45) is 5.92 Å². The summed E-state index contributed by atoms with van der Waals surface area (Å²) >= 11 is 0.